The van der Waals surface area contributed by atoms with Gasteiger partial charge in [0, 0.05) is 11.6 Å². The number of likely N-dealkylation sites (N-methyl/N-ethyl adjacent to an activating group) is 1. The highest BCUT2D eigenvalue weighted by atomic mass is 16.1. The van der Waals surface area contributed by atoms with Gasteiger partial charge in [-0.25, -0.2) is 0 Å². The van der Waals surface area contributed by atoms with Crippen LogP contribution in [-0.2, 0) is 4.79 Å². The topological polar surface area (TPSA) is 20.3 Å². The van der Waals surface area contributed by atoms with Crippen LogP contribution in [0.4, 0.5) is 0 Å². The zero-order valence-corrected chi connectivity index (χ0v) is 8.05. The average molecular weight is 177 g/mol. The Bertz CT molecular complexity index is 290. The molecular weight excluding hydrogens is 162 g/mol. The highest BCUT2D eigenvalue weighted by Gasteiger charge is 2.36. The Kier molecular flexibility index (Phi) is 2.08. The number of ketones is 1. The van der Waals surface area contributed by atoms with Crippen LogP contribution in [0, 0.1) is 0 Å². The van der Waals surface area contributed by atoms with Crippen LogP contribution in [0.5, 0.6) is 0 Å². The molecule has 1 aliphatic heterocycles. The van der Waals surface area contributed by atoms with Crippen molar-refractivity contribution in [2.24, 2.45) is 0 Å². The van der Waals surface area contributed by atoms with Crippen LogP contribution in [0.15, 0.2) is 23.8 Å². The maximum Gasteiger partial charge on any atom is 0.181 e. The van der Waals surface area contributed by atoms with Crippen molar-refractivity contribution in [1.82, 2.24) is 4.90 Å². The third-order valence-electron chi connectivity index (χ3n) is 3.04. The Morgan fingerprint density at radius 1 is 1.69 bits per heavy atom. The molecule has 0 aromatic rings. The average Bonchev–Trinajstić information content (AvgIpc) is 2.82. The van der Waals surface area contributed by atoms with Gasteiger partial charge in [0.1, 0.15) is 0 Å². The van der Waals surface area contributed by atoms with E-state index in [0.29, 0.717) is 6.04 Å². The zero-order chi connectivity index (χ0) is 9.42. The molecule has 1 atom stereocenters. The molecule has 0 bridgehead atoms. The number of carbonyl (C=O) groups is 1. The fourth-order valence-electron chi connectivity index (χ4n) is 2.18. The van der Waals surface area contributed by atoms with E-state index in [1.54, 1.807) is 0 Å². The van der Waals surface area contributed by atoms with E-state index < -0.39 is 0 Å². The van der Waals surface area contributed by atoms with Crippen molar-refractivity contribution in [3.05, 3.63) is 23.8 Å². The molecule has 1 aliphatic carbocycles. The van der Waals surface area contributed by atoms with Gasteiger partial charge in [0.15, 0.2) is 5.78 Å². The monoisotopic (exact) mass is 177 g/mol. The predicted octanol–water partition coefficient (Wildman–Crippen LogP) is 1.54. The van der Waals surface area contributed by atoms with Crippen molar-refractivity contribution in [2.75, 3.05) is 13.6 Å². The molecule has 0 aromatic heterocycles. The van der Waals surface area contributed by atoms with E-state index in [2.05, 4.69) is 18.5 Å². The molecule has 1 fully saturated rings. The van der Waals surface area contributed by atoms with Gasteiger partial charge in [0.2, 0.25) is 0 Å². The molecule has 1 heterocycles. The third kappa shape index (κ3) is 1.46. The Balaban J connectivity index is 2.08. The number of allylic oxidation sites excluding steroid dienone is 2. The molecule has 70 valence electrons. The van der Waals surface area contributed by atoms with Gasteiger partial charge >= 0.3 is 0 Å². The highest BCUT2D eigenvalue weighted by molar-refractivity contribution is 6.08. The molecule has 2 rings (SSSR count). The van der Waals surface area contributed by atoms with Gasteiger partial charge in [0.05, 0.1) is 0 Å². The molecule has 0 aromatic carbocycles. The standard InChI is InChI=1S/C11H15NO/c1-3-11(13)9-7-8(9)10-5-4-6-12(10)2/h3,10H,1,4-7H2,2H3. The Hall–Kier alpha value is -0.890. The summed E-state index contributed by atoms with van der Waals surface area (Å²) in [6.07, 6.45) is 4.84. The Labute approximate surface area is 78.9 Å². The van der Waals surface area contributed by atoms with E-state index in [4.69, 9.17) is 0 Å². The van der Waals surface area contributed by atoms with Gasteiger partial charge in [-0.15, -0.1) is 0 Å². The summed E-state index contributed by atoms with van der Waals surface area (Å²) < 4.78 is 0. The number of likely N-dealkylation sites (tertiary alicyclic amines) is 1. The van der Waals surface area contributed by atoms with Crippen LogP contribution < -0.4 is 0 Å². The molecule has 1 unspecified atom stereocenters. The predicted molar refractivity (Wildman–Crippen MR) is 52.5 cm³/mol. The molecule has 0 spiro atoms. The zero-order valence-electron chi connectivity index (χ0n) is 8.05. The largest absolute Gasteiger partial charge is 0.300 e. The summed E-state index contributed by atoms with van der Waals surface area (Å²) in [5, 5.41) is 0. The van der Waals surface area contributed by atoms with E-state index >= 15 is 0 Å². The van der Waals surface area contributed by atoms with Crippen LogP contribution in [-0.4, -0.2) is 30.3 Å². The van der Waals surface area contributed by atoms with Crippen LogP contribution >= 0.6 is 0 Å². The molecule has 0 radical (unpaired) electrons. The lowest BCUT2D eigenvalue weighted by Crippen LogP contribution is -2.23. The highest BCUT2D eigenvalue weighted by Crippen LogP contribution is 2.40. The first-order valence-corrected chi connectivity index (χ1v) is 4.83. The van der Waals surface area contributed by atoms with Crippen molar-refractivity contribution in [2.45, 2.75) is 25.3 Å². The van der Waals surface area contributed by atoms with E-state index in [1.165, 1.54) is 31.0 Å². The number of rotatable bonds is 3. The van der Waals surface area contributed by atoms with Gasteiger partial charge in [0.25, 0.3) is 0 Å². The molecule has 13 heavy (non-hydrogen) atoms. The van der Waals surface area contributed by atoms with Gasteiger partial charge in [-0.3, -0.25) is 9.69 Å². The van der Waals surface area contributed by atoms with Gasteiger partial charge in [-0.1, -0.05) is 6.58 Å². The van der Waals surface area contributed by atoms with E-state index in [1.807, 2.05) is 0 Å². The fourth-order valence-corrected chi connectivity index (χ4v) is 2.18. The maximum absolute atomic E-state index is 11.3. The van der Waals surface area contributed by atoms with Crippen molar-refractivity contribution in [3.63, 3.8) is 0 Å². The minimum atomic E-state index is 0.135. The quantitative estimate of drug-likeness (QED) is 0.609. The number of hydrogen-bond acceptors (Lipinski definition) is 2. The van der Waals surface area contributed by atoms with Gasteiger partial charge < -0.3 is 0 Å². The molecule has 0 saturated carbocycles. The molecule has 0 amide bonds. The second kappa shape index (κ2) is 3.11. The first-order chi connectivity index (χ1) is 6.24. The summed E-state index contributed by atoms with van der Waals surface area (Å²) in [6, 6.07) is 0.555. The van der Waals surface area contributed by atoms with Crippen LogP contribution in [0.1, 0.15) is 19.3 Å². The second-order valence-electron chi connectivity index (χ2n) is 3.89. The normalized spacial score (nSPS) is 27.9. The molecule has 0 N–H and O–H groups in total. The maximum atomic E-state index is 11.3. The molecular formula is C11H15NO. The van der Waals surface area contributed by atoms with Crippen molar-refractivity contribution < 1.29 is 4.79 Å². The summed E-state index contributed by atoms with van der Waals surface area (Å²) >= 11 is 0. The SMILES string of the molecule is C=CC(=O)C1=C(C2CCCN2C)C1. The summed E-state index contributed by atoms with van der Waals surface area (Å²) in [5.41, 5.74) is 2.39. The Morgan fingerprint density at radius 3 is 3.00 bits per heavy atom. The van der Waals surface area contributed by atoms with Crippen LogP contribution in [0.3, 0.4) is 0 Å². The summed E-state index contributed by atoms with van der Waals surface area (Å²) in [6.45, 7) is 4.67. The molecule has 1 saturated heterocycles. The molecule has 2 heteroatoms. The number of nitrogens with zero attached hydrogens (tertiary/aromatic N) is 1. The first kappa shape index (κ1) is 8.70. The lowest BCUT2D eigenvalue weighted by molar-refractivity contribution is -0.111. The lowest BCUT2D eigenvalue weighted by Gasteiger charge is -2.15. The minimum absolute atomic E-state index is 0.135. The number of hydrogen-bond donors (Lipinski definition) is 0. The van der Waals surface area contributed by atoms with E-state index in [-0.39, 0.29) is 5.78 Å². The van der Waals surface area contributed by atoms with Gasteiger partial charge in [-0.2, -0.15) is 0 Å². The number of carbonyl (C=O) groups excluding carboxylic acids is 1. The van der Waals surface area contributed by atoms with Crippen molar-refractivity contribution >= 4 is 5.78 Å². The van der Waals surface area contributed by atoms with E-state index in [0.717, 1.165) is 12.0 Å². The smallest absolute Gasteiger partial charge is 0.181 e. The van der Waals surface area contributed by atoms with E-state index in [9.17, 15) is 4.79 Å². The summed E-state index contributed by atoms with van der Waals surface area (Å²) in [5.74, 6) is 0.135. The fraction of sp³-hybridized carbons (Fsp3) is 0.545. The minimum Gasteiger partial charge on any atom is -0.300 e. The summed E-state index contributed by atoms with van der Waals surface area (Å²) in [7, 11) is 2.14. The summed E-state index contributed by atoms with van der Waals surface area (Å²) in [4.78, 5) is 13.6. The second-order valence-corrected chi connectivity index (χ2v) is 3.89. The third-order valence-corrected chi connectivity index (χ3v) is 3.04. The van der Waals surface area contributed by atoms with Gasteiger partial charge in [-0.05, 0) is 44.5 Å². The van der Waals surface area contributed by atoms with Crippen molar-refractivity contribution in [1.29, 1.82) is 0 Å². The lowest BCUT2D eigenvalue weighted by atomic mass is 10.1. The molecule has 2 aliphatic rings. The first-order valence-electron chi connectivity index (χ1n) is 4.83. The van der Waals surface area contributed by atoms with Crippen LogP contribution in [0.2, 0.25) is 0 Å². The Morgan fingerprint density at radius 2 is 2.46 bits per heavy atom. The van der Waals surface area contributed by atoms with Crippen molar-refractivity contribution in [3.8, 4) is 0 Å². The molecule has 2 nitrogen and oxygen atoms in total. The van der Waals surface area contributed by atoms with Crippen LogP contribution in [0.25, 0.3) is 0 Å².